The van der Waals surface area contributed by atoms with E-state index in [0.717, 1.165) is 16.9 Å². The van der Waals surface area contributed by atoms with Crippen LogP contribution in [0.3, 0.4) is 0 Å². The van der Waals surface area contributed by atoms with Gasteiger partial charge in [0.2, 0.25) is 0 Å². The average Bonchev–Trinajstić information content (AvgIpc) is 2.65. The van der Waals surface area contributed by atoms with Crippen molar-refractivity contribution in [2.75, 3.05) is 13.1 Å². The zero-order valence-electron chi connectivity index (χ0n) is 16.4. The minimum atomic E-state index is -0.613. The highest BCUT2D eigenvalue weighted by atomic mass is 16.5. The van der Waals surface area contributed by atoms with Gasteiger partial charge >= 0.3 is 0 Å². The van der Waals surface area contributed by atoms with Crippen LogP contribution in [0, 0.1) is 6.92 Å². The molecule has 0 radical (unpaired) electrons. The number of para-hydroxylation sites is 1. The maximum Gasteiger partial charge on any atom is 0.260 e. The highest BCUT2D eigenvalue weighted by Gasteiger charge is 2.16. The molecule has 1 unspecified atom stereocenters. The van der Waals surface area contributed by atoms with Gasteiger partial charge in [0, 0.05) is 18.7 Å². The van der Waals surface area contributed by atoms with E-state index in [1.165, 1.54) is 0 Å². The first kappa shape index (κ1) is 20.5. The van der Waals surface area contributed by atoms with Crippen LogP contribution in [0.2, 0.25) is 0 Å². The molecule has 1 atom stereocenters. The van der Waals surface area contributed by atoms with Crippen LogP contribution in [-0.2, 0) is 4.79 Å². The van der Waals surface area contributed by atoms with Crippen LogP contribution < -0.4 is 15.4 Å². The molecule has 2 N–H and O–H groups in total. The van der Waals surface area contributed by atoms with Crippen molar-refractivity contribution in [1.29, 1.82) is 0 Å². The minimum absolute atomic E-state index is 0.153. The Kier molecular flexibility index (Phi) is 7.41. The van der Waals surface area contributed by atoms with Gasteiger partial charge in [-0.05, 0) is 43.5 Å². The van der Waals surface area contributed by atoms with Crippen LogP contribution >= 0.6 is 0 Å². The number of hydrogen-bond donors (Lipinski definition) is 2. The van der Waals surface area contributed by atoms with Gasteiger partial charge in [-0.25, -0.2) is 0 Å². The summed E-state index contributed by atoms with van der Waals surface area (Å²) in [5.41, 5.74) is 2.78. The Morgan fingerprint density at radius 2 is 1.56 bits per heavy atom. The molecular weight excluding hydrogens is 340 g/mol. The molecule has 144 valence electrons. The summed E-state index contributed by atoms with van der Waals surface area (Å²) in [4.78, 5) is 24.3. The molecule has 0 heterocycles. The zero-order chi connectivity index (χ0) is 19.8. The van der Waals surface area contributed by atoms with Crippen molar-refractivity contribution >= 4 is 11.8 Å². The summed E-state index contributed by atoms with van der Waals surface area (Å²) in [6.07, 6.45) is -0.613. The normalized spacial score (nSPS) is 11.7. The second-order valence-corrected chi connectivity index (χ2v) is 6.87. The van der Waals surface area contributed by atoms with Gasteiger partial charge in [0.1, 0.15) is 5.75 Å². The molecular formula is C22H28N2O3. The van der Waals surface area contributed by atoms with E-state index in [1.54, 1.807) is 19.1 Å². The van der Waals surface area contributed by atoms with E-state index in [9.17, 15) is 9.59 Å². The largest absolute Gasteiger partial charge is 0.481 e. The summed E-state index contributed by atoms with van der Waals surface area (Å²) in [6, 6.07) is 15.1. The highest BCUT2D eigenvalue weighted by molar-refractivity contribution is 5.94. The predicted molar refractivity (Wildman–Crippen MR) is 107 cm³/mol. The Labute approximate surface area is 161 Å². The van der Waals surface area contributed by atoms with Crippen LogP contribution in [0.5, 0.6) is 5.75 Å². The third-order valence-electron chi connectivity index (χ3n) is 4.24. The fraction of sp³-hybridized carbons (Fsp3) is 0.364. The molecule has 2 aromatic carbocycles. The van der Waals surface area contributed by atoms with E-state index in [1.807, 2.05) is 43.3 Å². The molecule has 0 saturated carbocycles. The first-order chi connectivity index (χ1) is 12.9. The molecule has 0 bridgehead atoms. The minimum Gasteiger partial charge on any atom is -0.481 e. The lowest BCUT2D eigenvalue weighted by atomic mass is 10.0. The smallest absolute Gasteiger partial charge is 0.260 e. The molecule has 0 fully saturated rings. The van der Waals surface area contributed by atoms with Crippen molar-refractivity contribution in [1.82, 2.24) is 10.6 Å². The number of nitrogens with one attached hydrogen (secondary N) is 2. The summed E-state index contributed by atoms with van der Waals surface area (Å²) in [5, 5.41) is 5.58. The van der Waals surface area contributed by atoms with Crippen molar-refractivity contribution in [3.05, 3.63) is 65.2 Å². The number of carbonyl (C=O) groups excluding carboxylic acids is 2. The topological polar surface area (TPSA) is 67.4 Å². The van der Waals surface area contributed by atoms with Gasteiger partial charge in [-0.3, -0.25) is 9.59 Å². The summed E-state index contributed by atoms with van der Waals surface area (Å²) in [6.45, 7) is 8.56. The molecule has 27 heavy (non-hydrogen) atoms. The van der Waals surface area contributed by atoms with Gasteiger partial charge < -0.3 is 15.4 Å². The van der Waals surface area contributed by atoms with E-state index in [0.29, 0.717) is 24.6 Å². The molecule has 0 spiro atoms. The number of hydrogen-bond acceptors (Lipinski definition) is 3. The van der Waals surface area contributed by atoms with E-state index >= 15 is 0 Å². The van der Waals surface area contributed by atoms with Crippen LogP contribution in [0.25, 0.3) is 0 Å². The highest BCUT2D eigenvalue weighted by Crippen LogP contribution is 2.26. The number of rotatable bonds is 8. The molecule has 0 saturated heterocycles. The van der Waals surface area contributed by atoms with Gasteiger partial charge in [-0.2, -0.15) is 0 Å². The van der Waals surface area contributed by atoms with Gasteiger partial charge in [0.05, 0.1) is 0 Å². The summed E-state index contributed by atoms with van der Waals surface area (Å²) in [7, 11) is 0. The maximum atomic E-state index is 12.2. The number of amides is 2. The summed E-state index contributed by atoms with van der Waals surface area (Å²) in [5.74, 6) is 0.675. The Hall–Kier alpha value is -2.82. The summed E-state index contributed by atoms with van der Waals surface area (Å²) >= 11 is 0. The fourth-order valence-electron chi connectivity index (χ4n) is 2.62. The monoisotopic (exact) mass is 368 g/mol. The molecule has 0 aromatic heterocycles. The molecule has 5 nitrogen and oxygen atoms in total. The molecule has 0 aliphatic rings. The van der Waals surface area contributed by atoms with Crippen LogP contribution in [0.15, 0.2) is 48.5 Å². The molecule has 5 heteroatoms. The van der Waals surface area contributed by atoms with Crippen molar-refractivity contribution in [2.24, 2.45) is 0 Å². The number of carbonyl (C=O) groups is 2. The third-order valence-corrected chi connectivity index (χ3v) is 4.24. The first-order valence-electron chi connectivity index (χ1n) is 9.26. The molecule has 2 rings (SSSR count). The van der Waals surface area contributed by atoms with Crippen molar-refractivity contribution in [3.8, 4) is 5.75 Å². The average molecular weight is 368 g/mol. The Morgan fingerprint density at radius 3 is 2.22 bits per heavy atom. The van der Waals surface area contributed by atoms with E-state index in [-0.39, 0.29) is 11.8 Å². The lowest BCUT2D eigenvalue weighted by molar-refractivity contribution is -0.127. The van der Waals surface area contributed by atoms with Gasteiger partial charge in [0.25, 0.3) is 11.8 Å². The number of ether oxygens (including phenoxy) is 1. The lowest BCUT2D eigenvalue weighted by Crippen LogP contribution is -2.40. The second kappa shape index (κ2) is 9.76. The first-order valence-corrected chi connectivity index (χ1v) is 9.26. The zero-order valence-corrected chi connectivity index (χ0v) is 16.4. The molecule has 2 aromatic rings. The molecule has 2 amide bonds. The van der Waals surface area contributed by atoms with Gasteiger partial charge in [-0.15, -0.1) is 0 Å². The van der Waals surface area contributed by atoms with E-state index in [4.69, 9.17) is 4.74 Å². The van der Waals surface area contributed by atoms with Crippen molar-refractivity contribution in [3.63, 3.8) is 0 Å². The molecule has 0 aliphatic heterocycles. The van der Waals surface area contributed by atoms with Crippen LogP contribution in [0.1, 0.15) is 48.2 Å². The van der Waals surface area contributed by atoms with Gasteiger partial charge in [-0.1, -0.05) is 49.7 Å². The van der Waals surface area contributed by atoms with Crippen LogP contribution in [0.4, 0.5) is 0 Å². The van der Waals surface area contributed by atoms with Crippen LogP contribution in [-0.4, -0.2) is 31.0 Å². The second-order valence-electron chi connectivity index (χ2n) is 6.87. The maximum absolute atomic E-state index is 12.2. The lowest BCUT2D eigenvalue weighted by Gasteiger charge is -2.18. The number of aryl methyl sites for hydroxylation is 1. The third kappa shape index (κ3) is 6.13. The summed E-state index contributed by atoms with van der Waals surface area (Å²) < 4.78 is 5.83. The Balaban J connectivity index is 1.77. The fourth-order valence-corrected chi connectivity index (χ4v) is 2.62. The quantitative estimate of drug-likeness (QED) is 0.702. The Morgan fingerprint density at radius 1 is 0.926 bits per heavy atom. The number of benzene rings is 2. The predicted octanol–water partition coefficient (Wildman–Crippen LogP) is 3.43. The SMILES string of the molecule is Cc1ccc(C(=O)NCCNC(=O)C(C)Oc2ccccc2C(C)C)cc1. The molecule has 0 aliphatic carbocycles. The van der Waals surface area contributed by atoms with Crippen molar-refractivity contribution in [2.45, 2.75) is 39.7 Å². The standard InChI is InChI=1S/C22H28N2O3/c1-15(2)19-7-5-6-8-20(19)27-17(4)21(25)23-13-14-24-22(26)18-11-9-16(3)10-12-18/h5-12,15,17H,13-14H2,1-4H3,(H,23,25)(H,24,26). The Bertz CT molecular complexity index is 769. The van der Waals surface area contributed by atoms with Crippen molar-refractivity contribution < 1.29 is 14.3 Å². The van der Waals surface area contributed by atoms with E-state index in [2.05, 4.69) is 24.5 Å². The van der Waals surface area contributed by atoms with E-state index < -0.39 is 6.10 Å². The van der Waals surface area contributed by atoms with Gasteiger partial charge in [0.15, 0.2) is 6.10 Å².